The third-order valence-corrected chi connectivity index (χ3v) is 4.78. The van der Waals surface area contributed by atoms with Gasteiger partial charge in [-0.1, -0.05) is 23.8 Å². The van der Waals surface area contributed by atoms with Crippen LogP contribution in [0.25, 0.3) is 0 Å². The minimum atomic E-state index is -3.55. The number of hydrogen-bond donors (Lipinski definition) is 1. The summed E-state index contributed by atoms with van der Waals surface area (Å²) in [6.07, 6.45) is 1.65. The van der Waals surface area contributed by atoms with Crippen molar-refractivity contribution in [3.63, 3.8) is 0 Å². The Hall–Kier alpha value is -1.72. The van der Waals surface area contributed by atoms with E-state index in [1.54, 1.807) is 44.3 Å². The standard InChI is InChI=1S/C15H18N2O2S/c1-11-7-8-15(12(2)10-11)20(18,19)17-13(3)14-6-4-5-9-16-14/h4-10,13,17H,1-3H3. The van der Waals surface area contributed by atoms with E-state index in [1.165, 1.54) is 0 Å². The third kappa shape index (κ3) is 3.23. The van der Waals surface area contributed by atoms with Crippen LogP contribution in [0.3, 0.4) is 0 Å². The van der Waals surface area contributed by atoms with Gasteiger partial charge in [-0.2, -0.15) is 0 Å². The summed E-state index contributed by atoms with van der Waals surface area (Å²) in [6, 6.07) is 10.4. The molecule has 2 aromatic rings. The molecule has 4 nitrogen and oxygen atoms in total. The molecule has 1 N–H and O–H groups in total. The number of pyridine rings is 1. The van der Waals surface area contributed by atoms with E-state index in [0.717, 1.165) is 11.1 Å². The molecule has 0 saturated heterocycles. The molecular weight excluding hydrogens is 272 g/mol. The molecule has 5 heteroatoms. The molecule has 0 aliphatic carbocycles. The van der Waals surface area contributed by atoms with Crippen LogP contribution < -0.4 is 4.72 Å². The Balaban J connectivity index is 2.28. The number of sulfonamides is 1. The van der Waals surface area contributed by atoms with Gasteiger partial charge in [-0.25, -0.2) is 13.1 Å². The smallest absolute Gasteiger partial charge is 0.241 e. The number of hydrogen-bond acceptors (Lipinski definition) is 3. The number of rotatable bonds is 4. The van der Waals surface area contributed by atoms with Crippen LogP contribution in [0.5, 0.6) is 0 Å². The van der Waals surface area contributed by atoms with E-state index in [2.05, 4.69) is 9.71 Å². The van der Waals surface area contributed by atoms with Crippen molar-refractivity contribution in [3.8, 4) is 0 Å². The number of nitrogens with one attached hydrogen (secondary N) is 1. The maximum Gasteiger partial charge on any atom is 0.241 e. The molecule has 0 aliphatic heterocycles. The maximum absolute atomic E-state index is 12.4. The van der Waals surface area contributed by atoms with Crippen LogP contribution in [-0.4, -0.2) is 13.4 Å². The first-order chi connectivity index (χ1) is 9.40. The Bertz CT molecular complexity index is 697. The Labute approximate surface area is 119 Å². The van der Waals surface area contributed by atoms with Crippen LogP contribution >= 0.6 is 0 Å². The Morgan fingerprint density at radius 1 is 1.15 bits per heavy atom. The summed E-state index contributed by atoms with van der Waals surface area (Å²) < 4.78 is 27.5. The van der Waals surface area contributed by atoms with E-state index in [9.17, 15) is 8.42 Å². The summed E-state index contributed by atoms with van der Waals surface area (Å²) in [5.41, 5.74) is 2.48. The van der Waals surface area contributed by atoms with E-state index < -0.39 is 10.0 Å². The predicted octanol–water partition coefficient (Wildman–Crippen LogP) is 2.74. The first-order valence-electron chi connectivity index (χ1n) is 6.40. The molecule has 0 spiro atoms. The van der Waals surface area contributed by atoms with Gasteiger partial charge >= 0.3 is 0 Å². The van der Waals surface area contributed by atoms with E-state index in [-0.39, 0.29) is 6.04 Å². The fourth-order valence-corrected chi connectivity index (χ4v) is 3.53. The Morgan fingerprint density at radius 3 is 2.50 bits per heavy atom. The summed E-state index contributed by atoms with van der Waals surface area (Å²) in [5, 5.41) is 0. The van der Waals surface area contributed by atoms with Gasteiger partial charge in [0.1, 0.15) is 0 Å². The first kappa shape index (κ1) is 14.7. The van der Waals surface area contributed by atoms with Crippen LogP contribution in [-0.2, 0) is 10.0 Å². The second kappa shape index (κ2) is 5.73. The van der Waals surface area contributed by atoms with Gasteiger partial charge in [-0.3, -0.25) is 4.98 Å². The summed E-state index contributed by atoms with van der Waals surface area (Å²) in [4.78, 5) is 4.48. The molecule has 0 amide bonds. The average molecular weight is 290 g/mol. The minimum Gasteiger partial charge on any atom is -0.260 e. The van der Waals surface area contributed by atoms with Crippen LogP contribution in [0.15, 0.2) is 47.5 Å². The molecule has 2 rings (SSSR count). The zero-order chi connectivity index (χ0) is 14.8. The van der Waals surface area contributed by atoms with Crippen LogP contribution in [0.4, 0.5) is 0 Å². The van der Waals surface area contributed by atoms with Gasteiger partial charge in [0.2, 0.25) is 10.0 Å². The molecule has 0 aliphatic rings. The number of aryl methyl sites for hydroxylation is 2. The quantitative estimate of drug-likeness (QED) is 0.942. The van der Waals surface area contributed by atoms with Gasteiger partial charge < -0.3 is 0 Å². The molecule has 106 valence electrons. The van der Waals surface area contributed by atoms with Gasteiger partial charge in [0.15, 0.2) is 0 Å². The zero-order valence-corrected chi connectivity index (χ0v) is 12.6. The average Bonchev–Trinajstić information content (AvgIpc) is 2.38. The second-order valence-corrected chi connectivity index (χ2v) is 6.55. The summed E-state index contributed by atoms with van der Waals surface area (Å²) >= 11 is 0. The minimum absolute atomic E-state index is 0.311. The Kier molecular flexibility index (Phi) is 4.20. The topological polar surface area (TPSA) is 59.1 Å². The van der Waals surface area contributed by atoms with Crippen LogP contribution in [0.1, 0.15) is 29.8 Å². The fourth-order valence-electron chi connectivity index (χ4n) is 2.09. The lowest BCUT2D eigenvalue weighted by Crippen LogP contribution is -2.28. The summed E-state index contributed by atoms with van der Waals surface area (Å²) in [6.45, 7) is 5.52. The van der Waals surface area contributed by atoms with Crippen molar-refractivity contribution in [1.29, 1.82) is 0 Å². The monoisotopic (exact) mass is 290 g/mol. The molecule has 1 heterocycles. The normalized spacial score (nSPS) is 13.2. The van der Waals surface area contributed by atoms with Crippen molar-refractivity contribution < 1.29 is 8.42 Å². The van der Waals surface area contributed by atoms with Gasteiger partial charge in [0.05, 0.1) is 16.6 Å². The van der Waals surface area contributed by atoms with E-state index in [1.807, 2.05) is 19.1 Å². The fraction of sp³-hybridized carbons (Fsp3) is 0.267. The molecule has 0 saturated carbocycles. The molecule has 0 bridgehead atoms. The van der Waals surface area contributed by atoms with Gasteiger partial charge in [0, 0.05) is 6.20 Å². The van der Waals surface area contributed by atoms with E-state index >= 15 is 0 Å². The van der Waals surface area contributed by atoms with Crippen molar-refractivity contribution >= 4 is 10.0 Å². The highest BCUT2D eigenvalue weighted by Gasteiger charge is 2.20. The first-order valence-corrected chi connectivity index (χ1v) is 7.89. The molecule has 1 unspecified atom stereocenters. The van der Waals surface area contributed by atoms with Crippen molar-refractivity contribution in [2.45, 2.75) is 31.7 Å². The second-order valence-electron chi connectivity index (χ2n) is 4.87. The van der Waals surface area contributed by atoms with E-state index in [0.29, 0.717) is 10.6 Å². The van der Waals surface area contributed by atoms with Crippen molar-refractivity contribution in [2.24, 2.45) is 0 Å². The van der Waals surface area contributed by atoms with Gasteiger partial charge in [-0.05, 0) is 44.5 Å². The zero-order valence-electron chi connectivity index (χ0n) is 11.8. The lowest BCUT2D eigenvalue weighted by atomic mass is 10.2. The Morgan fingerprint density at radius 2 is 1.90 bits per heavy atom. The molecular formula is C15H18N2O2S. The van der Waals surface area contributed by atoms with E-state index in [4.69, 9.17) is 0 Å². The lowest BCUT2D eigenvalue weighted by Gasteiger charge is -2.15. The highest BCUT2D eigenvalue weighted by molar-refractivity contribution is 7.89. The summed E-state index contributed by atoms with van der Waals surface area (Å²) in [7, 11) is -3.55. The highest BCUT2D eigenvalue weighted by atomic mass is 32.2. The van der Waals surface area contributed by atoms with Crippen LogP contribution in [0.2, 0.25) is 0 Å². The molecule has 1 aromatic heterocycles. The van der Waals surface area contributed by atoms with Gasteiger partial charge in [0.25, 0.3) is 0 Å². The number of aromatic nitrogens is 1. The third-order valence-electron chi connectivity index (χ3n) is 3.08. The maximum atomic E-state index is 12.4. The van der Waals surface area contributed by atoms with Crippen molar-refractivity contribution in [2.75, 3.05) is 0 Å². The lowest BCUT2D eigenvalue weighted by molar-refractivity contribution is 0.563. The highest BCUT2D eigenvalue weighted by Crippen LogP contribution is 2.19. The summed E-state index contributed by atoms with van der Waals surface area (Å²) in [5.74, 6) is 0. The van der Waals surface area contributed by atoms with Crippen LogP contribution in [0, 0.1) is 13.8 Å². The largest absolute Gasteiger partial charge is 0.260 e. The SMILES string of the molecule is Cc1ccc(S(=O)(=O)NC(C)c2ccccn2)c(C)c1. The van der Waals surface area contributed by atoms with Gasteiger partial charge in [-0.15, -0.1) is 0 Å². The van der Waals surface area contributed by atoms with Crippen molar-refractivity contribution in [1.82, 2.24) is 9.71 Å². The molecule has 20 heavy (non-hydrogen) atoms. The molecule has 1 atom stereocenters. The molecule has 1 aromatic carbocycles. The molecule has 0 fully saturated rings. The number of benzene rings is 1. The predicted molar refractivity (Wildman–Crippen MR) is 78.9 cm³/mol. The van der Waals surface area contributed by atoms with Crippen molar-refractivity contribution in [3.05, 3.63) is 59.4 Å². The number of nitrogens with zero attached hydrogens (tertiary/aromatic N) is 1. The molecule has 0 radical (unpaired) electrons.